The van der Waals surface area contributed by atoms with E-state index in [1.165, 1.54) is 0 Å². The van der Waals surface area contributed by atoms with E-state index < -0.39 is 5.60 Å². The Bertz CT molecular complexity index is 714. The van der Waals surface area contributed by atoms with Crippen LogP contribution in [-0.4, -0.2) is 64.3 Å². The Morgan fingerprint density at radius 1 is 1.38 bits per heavy atom. The Labute approximate surface area is 177 Å². The third-order valence-corrected chi connectivity index (χ3v) is 4.78. The first-order chi connectivity index (χ1) is 13.5. The zero-order valence-corrected chi connectivity index (χ0v) is 18.9. The Morgan fingerprint density at radius 3 is 2.62 bits per heavy atom. The molecule has 9 heteroatoms. The van der Waals surface area contributed by atoms with Gasteiger partial charge in [0.1, 0.15) is 5.60 Å². The number of hydrogen-bond acceptors (Lipinski definition) is 5. The minimum absolute atomic E-state index is 0.184. The average Bonchev–Trinajstić information content (AvgIpc) is 3.00. The minimum Gasteiger partial charge on any atom is -0.444 e. The number of aromatic amines is 1. The monoisotopic (exact) mass is 428 g/mol. The van der Waals surface area contributed by atoms with Crippen LogP contribution in [0, 0.1) is 5.92 Å². The second-order valence-corrected chi connectivity index (χ2v) is 9.13. The summed E-state index contributed by atoms with van der Waals surface area (Å²) in [5.74, 6) is 0.184. The number of piperidine rings is 1. The summed E-state index contributed by atoms with van der Waals surface area (Å²) in [6.45, 7) is 12.9. The van der Waals surface area contributed by atoms with Crippen molar-refractivity contribution >= 4 is 23.6 Å². The van der Waals surface area contributed by atoms with Crippen LogP contribution in [0.1, 0.15) is 64.3 Å². The summed E-state index contributed by atoms with van der Waals surface area (Å²) in [7, 11) is 0. The Balaban J connectivity index is 2.07. The molecule has 0 aliphatic carbocycles. The SMILES string of the molecule is CCc1[nH]c(C(=O)N[C@H]2CCN(C(=O)OC(C)(C)C)C[C@H]2OCC(C)C)nc1Cl. The van der Waals surface area contributed by atoms with Gasteiger partial charge in [0.05, 0.1) is 24.4 Å². The molecule has 2 amide bonds. The molecule has 0 unspecified atom stereocenters. The molecule has 2 heterocycles. The number of halogens is 1. The highest BCUT2D eigenvalue weighted by Crippen LogP contribution is 2.20. The molecule has 0 spiro atoms. The molecular weight excluding hydrogens is 396 g/mol. The van der Waals surface area contributed by atoms with Crippen LogP contribution in [0.25, 0.3) is 0 Å². The molecular formula is C20H33ClN4O4. The molecule has 0 bridgehead atoms. The number of H-pyrrole nitrogens is 1. The third-order valence-electron chi connectivity index (χ3n) is 4.47. The zero-order valence-electron chi connectivity index (χ0n) is 18.2. The molecule has 1 fully saturated rings. The second kappa shape index (κ2) is 9.80. The van der Waals surface area contributed by atoms with Gasteiger partial charge in [-0.2, -0.15) is 0 Å². The Hall–Kier alpha value is -1.80. The van der Waals surface area contributed by atoms with Crippen LogP contribution in [0.5, 0.6) is 0 Å². The summed E-state index contributed by atoms with van der Waals surface area (Å²) in [6, 6.07) is -0.242. The molecule has 2 N–H and O–H groups in total. The molecule has 1 saturated heterocycles. The maximum absolute atomic E-state index is 12.7. The van der Waals surface area contributed by atoms with Gasteiger partial charge < -0.3 is 24.7 Å². The number of nitrogens with zero attached hydrogens (tertiary/aromatic N) is 2. The maximum atomic E-state index is 12.7. The molecule has 164 valence electrons. The number of imidazole rings is 1. The molecule has 1 aromatic rings. The predicted molar refractivity (Wildman–Crippen MR) is 111 cm³/mol. The van der Waals surface area contributed by atoms with E-state index in [0.29, 0.717) is 43.6 Å². The summed E-state index contributed by atoms with van der Waals surface area (Å²) in [6.07, 6.45) is 0.514. The van der Waals surface area contributed by atoms with Gasteiger partial charge in [-0.3, -0.25) is 4.79 Å². The van der Waals surface area contributed by atoms with Crippen molar-refractivity contribution in [1.82, 2.24) is 20.2 Å². The smallest absolute Gasteiger partial charge is 0.410 e. The standard InChI is InChI=1S/C20H33ClN4O4/c1-7-13-16(21)24-17(22-13)18(26)23-14-8-9-25(19(27)29-20(4,5)6)10-15(14)28-11-12(2)3/h12,14-15H,7-11H2,1-6H3,(H,22,24)(H,23,26)/t14-,15+/m0/s1. The third kappa shape index (κ3) is 6.89. The lowest BCUT2D eigenvalue weighted by Gasteiger charge is -2.39. The fraction of sp³-hybridized carbons (Fsp3) is 0.750. The highest BCUT2D eigenvalue weighted by atomic mass is 35.5. The average molecular weight is 429 g/mol. The number of rotatable bonds is 6. The first-order valence-corrected chi connectivity index (χ1v) is 10.5. The second-order valence-electron chi connectivity index (χ2n) is 8.77. The van der Waals surface area contributed by atoms with Crippen LogP contribution < -0.4 is 5.32 Å². The minimum atomic E-state index is -0.564. The van der Waals surface area contributed by atoms with Crippen molar-refractivity contribution < 1.29 is 19.1 Å². The van der Waals surface area contributed by atoms with E-state index in [1.807, 2.05) is 27.7 Å². The normalized spacial score (nSPS) is 20.1. The van der Waals surface area contributed by atoms with Crippen LogP contribution in [0.4, 0.5) is 4.79 Å². The Morgan fingerprint density at radius 2 is 2.07 bits per heavy atom. The van der Waals surface area contributed by atoms with Crippen molar-refractivity contribution in [3.8, 4) is 0 Å². The van der Waals surface area contributed by atoms with Crippen molar-refractivity contribution in [2.45, 2.75) is 72.1 Å². The van der Waals surface area contributed by atoms with Gasteiger partial charge in [-0.15, -0.1) is 0 Å². The first-order valence-electron chi connectivity index (χ1n) is 10.1. The van der Waals surface area contributed by atoms with E-state index in [2.05, 4.69) is 29.1 Å². The molecule has 0 radical (unpaired) electrons. The van der Waals surface area contributed by atoms with Gasteiger partial charge in [-0.1, -0.05) is 32.4 Å². The first kappa shape index (κ1) is 23.5. The molecule has 1 aliphatic heterocycles. The van der Waals surface area contributed by atoms with E-state index >= 15 is 0 Å². The van der Waals surface area contributed by atoms with E-state index in [-0.39, 0.29) is 30.0 Å². The van der Waals surface area contributed by atoms with Crippen molar-refractivity contribution in [2.24, 2.45) is 5.92 Å². The van der Waals surface area contributed by atoms with Gasteiger partial charge in [0, 0.05) is 13.2 Å². The van der Waals surface area contributed by atoms with Crippen molar-refractivity contribution in [3.63, 3.8) is 0 Å². The number of amides is 2. The summed E-state index contributed by atoms with van der Waals surface area (Å²) in [4.78, 5) is 33.8. The molecule has 1 aliphatic rings. The number of carbonyl (C=O) groups excluding carboxylic acids is 2. The van der Waals surface area contributed by atoms with Gasteiger partial charge in [-0.05, 0) is 39.5 Å². The summed E-state index contributed by atoms with van der Waals surface area (Å²) in [5.41, 5.74) is 0.163. The summed E-state index contributed by atoms with van der Waals surface area (Å²) < 4.78 is 11.5. The van der Waals surface area contributed by atoms with Crippen LogP contribution in [0.15, 0.2) is 0 Å². The molecule has 1 aromatic heterocycles. The molecule has 0 saturated carbocycles. The number of ether oxygens (including phenoxy) is 2. The largest absolute Gasteiger partial charge is 0.444 e. The highest BCUT2D eigenvalue weighted by molar-refractivity contribution is 6.30. The maximum Gasteiger partial charge on any atom is 0.410 e. The summed E-state index contributed by atoms with van der Waals surface area (Å²) in [5, 5.41) is 3.30. The predicted octanol–water partition coefficient (Wildman–Crippen LogP) is 3.41. The fourth-order valence-corrected chi connectivity index (χ4v) is 3.29. The lowest BCUT2D eigenvalue weighted by atomic mass is 10.0. The number of likely N-dealkylation sites (tertiary alicyclic amines) is 1. The number of aryl methyl sites for hydroxylation is 1. The molecule has 2 atom stereocenters. The topological polar surface area (TPSA) is 96.6 Å². The Kier molecular flexibility index (Phi) is 7.94. The molecule has 2 rings (SSSR count). The van der Waals surface area contributed by atoms with Gasteiger partial charge >= 0.3 is 6.09 Å². The van der Waals surface area contributed by atoms with Gasteiger partial charge in [0.2, 0.25) is 0 Å². The van der Waals surface area contributed by atoms with Crippen LogP contribution in [0.3, 0.4) is 0 Å². The number of hydrogen-bond donors (Lipinski definition) is 2. The van der Waals surface area contributed by atoms with Gasteiger partial charge in [0.15, 0.2) is 11.0 Å². The number of aromatic nitrogens is 2. The molecule has 8 nitrogen and oxygen atoms in total. The highest BCUT2D eigenvalue weighted by Gasteiger charge is 2.35. The lowest BCUT2D eigenvalue weighted by Crippen LogP contribution is -2.57. The lowest BCUT2D eigenvalue weighted by molar-refractivity contribution is -0.0399. The van der Waals surface area contributed by atoms with Crippen molar-refractivity contribution in [1.29, 1.82) is 0 Å². The van der Waals surface area contributed by atoms with Crippen LogP contribution in [-0.2, 0) is 15.9 Å². The zero-order chi connectivity index (χ0) is 21.8. The molecule has 0 aromatic carbocycles. The van der Waals surface area contributed by atoms with Gasteiger partial charge in [-0.25, -0.2) is 9.78 Å². The number of nitrogens with one attached hydrogen (secondary N) is 2. The van der Waals surface area contributed by atoms with E-state index in [4.69, 9.17) is 21.1 Å². The quantitative estimate of drug-likeness (QED) is 0.723. The van der Waals surface area contributed by atoms with E-state index in [0.717, 1.165) is 5.69 Å². The molecule has 29 heavy (non-hydrogen) atoms. The van der Waals surface area contributed by atoms with Gasteiger partial charge in [0.25, 0.3) is 5.91 Å². The fourth-order valence-electron chi connectivity index (χ4n) is 3.03. The summed E-state index contributed by atoms with van der Waals surface area (Å²) >= 11 is 6.05. The van der Waals surface area contributed by atoms with Crippen molar-refractivity contribution in [3.05, 3.63) is 16.7 Å². The van der Waals surface area contributed by atoms with Crippen molar-refractivity contribution in [2.75, 3.05) is 19.7 Å². The van der Waals surface area contributed by atoms with E-state index in [1.54, 1.807) is 4.90 Å². The van der Waals surface area contributed by atoms with Crippen LogP contribution >= 0.6 is 11.6 Å². The number of carbonyl (C=O) groups is 2. The van der Waals surface area contributed by atoms with E-state index in [9.17, 15) is 9.59 Å². The van der Waals surface area contributed by atoms with Crippen LogP contribution in [0.2, 0.25) is 5.15 Å².